The Bertz CT molecular complexity index is 505. The molecule has 0 aromatic carbocycles. The molecule has 7 heteroatoms. The Kier molecular flexibility index (Phi) is 4.31. The van der Waals surface area contributed by atoms with Gasteiger partial charge in [0.05, 0.1) is 0 Å². The highest BCUT2D eigenvalue weighted by molar-refractivity contribution is 6.09. The molecule has 2 unspecified atom stereocenters. The third-order valence-corrected chi connectivity index (χ3v) is 5.37. The number of likely N-dealkylation sites (tertiary alicyclic amines) is 1. The summed E-state index contributed by atoms with van der Waals surface area (Å²) in [5.74, 6) is -0.422. The molecule has 3 aliphatic rings. The predicted octanol–water partition coefficient (Wildman–Crippen LogP) is 0.877. The van der Waals surface area contributed by atoms with E-state index >= 15 is 0 Å². The molecule has 3 aliphatic heterocycles. The molecule has 0 radical (unpaired) electrons. The van der Waals surface area contributed by atoms with Gasteiger partial charge >= 0.3 is 6.03 Å². The first kappa shape index (κ1) is 16.2. The number of ether oxygens (including phenoxy) is 1. The predicted molar refractivity (Wildman–Crippen MR) is 82.6 cm³/mol. The monoisotopic (exact) mass is 323 g/mol. The zero-order valence-electron chi connectivity index (χ0n) is 13.8. The summed E-state index contributed by atoms with van der Waals surface area (Å²) in [7, 11) is 0. The van der Waals surface area contributed by atoms with Crippen LogP contribution in [0.15, 0.2) is 0 Å². The van der Waals surface area contributed by atoms with Crippen LogP contribution in [-0.4, -0.2) is 65.0 Å². The summed E-state index contributed by atoms with van der Waals surface area (Å²) in [5, 5.41) is 2.79. The van der Waals surface area contributed by atoms with Crippen LogP contribution in [0.5, 0.6) is 0 Å². The lowest BCUT2D eigenvalue weighted by atomic mass is 9.90. The molecular formula is C16H25N3O4. The zero-order valence-corrected chi connectivity index (χ0v) is 13.8. The lowest BCUT2D eigenvalue weighted by molar-refractivity contribution is -0.143. The zero-order chi connectivity index (χ0) is 16.6. The van der Waals surface area contributed by atoms with E-state index in [0.717, 1.165) is 24.2 Å². The highest BCUT2D eigenvalue weighted by Crippen LogP contribution is 2.29. The number of carbonyl (C=O) groups is 3. The molecule has 3 saturated heterocycles. The number of imide groups is 1. The fraction of sp³-hybridized carbons (Fsp3) is 0.812. The standard InChI is InChI=1S/C16H25N3O4/c1-11-4-3-5-12(2)19(11)13(20)10-18-14(21)16(17-15(18)22)6-8-23-9-7-16/h11-12H,3-10H2,1-2H3,(H,17,22). The van der Waals surface area contributed by atoms with E-state index in [9.17, 15) is 14.4 Å². The molecule has 7 nitrogen and oxygen atoms in total. The SMILES string of the molecule is CC1CCCC(C)N1C(=O)CN1C(=O)NC2(CCOCC2)C1=O. The summed E-state index contributed by atoms with van der Waals surface area (Å²) in [6, 6.07) is -0.143. The Morgan fingerprint density at radius 3 is 2.43 bits per heavy atom. The highest BCUT2D eigenvalue weighted by Gasteiger charge is 2.52. The van der Waals surface area contributed by atoms with Crippen molar-refractivity contribution in [3.63, 3.8) is 0 Å². The number of piperidine rings is 1. The number of carbonyl (C=O) groups excluding carboxylic acids is 3. The first-order valence-electron chi connectivity index (χ1n) is 8.48. The number of nitrogens with one attached hydrogen (secondary N) is 1. The van der Waals surface area contributed by atoms with Gasteiger partial charge in [-0.1, -0.05) is 0 Å². The Hall–Kier alpha value is -1.63. The van der Waals surface area contributed by atoms with E-state index in [-0.39, 0.29) is 30.4 Å². The van der Waals surface area contributed by atoms with E-state index in [0.29, 0.717) is 26.1 Å². The van der Waals surface area contributed by atoms with Crippen LogP contribution >= 0.6 is 0 Å². The number of rotatable bonds is 2. The van der Waals surface area contributed by atoms with Gasteiger partial charge in [0.2, 0.25) is 5.91 Å². The van der Waals surface area contributed by atoms with Crippen LogP contribution in [0.2, 0.25) is 0 Å². The number of urea groups is 1. The lowest BCUT2D eigenvalue weighted by Crippen LogP contribution is -2.53. The average molecular weight is 323 g/mol. The lowest BCUT2D eigenvalue weighted by Gasteiger charge is -2.39. The summed E-state index contributed by atoms with van der Waals surface area (Å²) in [4.78, 5) is 40.5. The van der Waals surface area contributed by atoms with Crippen molar-refractivity contribution in [3.05, 3.63) is 0 Å². The van der Waals surface area contributed by atoms with E-state index in [1.165, 1.54) is 0 Å². The van der Waals surface area contributed by atoms with E-state index in [1.54, 1.807) is 0 Å². The highest BCUT2D eigenvalue weighted by atomic mass is 16.5. The smallest absolute Gasteiger partial charge is 0.325 e. The molecule has 2 atom stereocenters. The van der Waals surface area contributed by atoms with Crippen molar-refractivity contribution in [2.75, 3.05) is 19.8 Å². The van der Waals surface area contributed by atoms with Gasteiger partial charge in [-0.3, -0.25) is 14.5 Å². The molecule has 0 aromatic heterocycles. The summed E-state index contributed by atoms with van der Waals surface area (Å²) < 4.78 is 5.28. The quantitative estimate of drug-likeness (QED) is 0.765. The summed E-state index contributed by atoms with van der Waals surface area (Å²) in [5.41, 5.74) is -0.866. The third-order valence-electron chi connectivity index (χ3n) is 5.37. The maximum atomic E-state index is 12.7. The van der Waals surface area contributed by atoms with Crippen molar-refractivity contribution in [1.82, 2.24) is 15.1 Å². The Labute approximate surface area is 136 Å². The number of hydrogen-bond donors (Lipinski definition) is 1. The van der Waals surface area contributed by atoms with Gasteiger partial charge in [0.25, 0.3) is 5.91 Å². The van der Waals surface area contributed by atoms with Crippen molar-refractivity contribution in [2.24, 2.45) is 0 Å². The molecule has 3 heterocycles. The van der Waals surface area contributed by atoms with Crippen LogP contribution in [0.3, 0.4) is 0 Å². The molecule has 1 N–H and O–H groups in total. The van der Waals surface area contributed by atoms with Crippen molar-refractivity contribution >= 4 is 17.8 Å². The molecular weight excluding hydrogens is 298 g/mol. The second-order valence-corrected chi connectivity index (χ2v) is 6.95. The second kappa shape index (κ2) is 6.11. The maximum absolute atomic E-state index is 12.7. The van der Waals surface area contributed by atoms with Gasteiger partial charge < -0.3 is 15.0 Å². The maximum Gasteiger partial charge on any atom is 0.325 e. The second-order valence-electron chi connectivity index (χ2n) is 6.95. The van der Waals surface area contributed by atoms with Gasteiger partial charge in [-0.2, -0.15) is 0 Å². The first-order valence-corrected chi connectivity index (χ1v) is 8.48. The van der Waals surface area contributed by atoms with Crippen LogP contribution < -0.4 is 5.32 Å². The van der Waals surface area contributed by atoms with Crippen LogP contribution in [0.4, 0.5) is 4.79 Å². The van der Waals surface area contributed by atoms with Gasteiger partial charge in [0.1, 0.15) is 12.1 Å². The van der Waals surface area contributed by atoms with Crippen molar-refractivity contribution < 1.29 is 19.1 Å². The Balaban J connectivity index is 1.71. The van der Waals surface area contributed by atoms with Gasteiger partial charge in [-0.25, -0.2) is 4.79 Å². The Morgan fingerprint density at radius 1 is 1.22 bits per heavy atom. The first-order chi connectivity index (χ1) is 10.9. The fourth-order valence-electron chi connectivity index (χ4n) is 4.01. The molecule has 3 rings (SSSR count). The van der Waals surface area contributed by atoms with E-state index in [1.807, 2.05) is 18.7 Å². The van der Waals surface area contributed by atoms with Crippen molar-refractivity contribution in [2.45, 2.75) is 63.6 Å². The normalized spacial score (nSPS) is 30.7. The molecule has 23 heavy (non-hydrogen) atoms. The largest absolute Gasteiger partial charge is 0.381 e. The molecule has 1 spiro atoms. The Morgan fingerprint density at radius 2 is 1.83 bits per heavy atom. The van der Waals surface area contributed by atoms with Crippen LogP contribution in [0.1, 0.15) is 46.0 Å². The molecule has 0 aliphatic carbocycles. The minimum absolute atomic E-state index is 0.141. The summed E-state index contributed by atoms with van der Waals surface area (Å²) in [6.45, 7) is 4.79. The number of nitrogens with zero attached hydrogens (tertiary/aromatic N) is 2. The van der Waals surface area contributed by atoms with E-state index in [2.05, 4.69) is 5.32 Å². The number of amides is 4. The molecule has 4 amide bonds. The van der Waals surface area contributed by atoms with Crippen molar-refractivity contribution in [1.29, 1.82) is 0 Å². The number of hydrogen-bond acceptors (Lipinski definition) is 4. The minimum atomic E-state index is -0.866. The molecule has 0 saturated carbocycles. The van der Waals surface area contributed by atoms with Gasteiger partial charge in [-0.05, 0) is 33.1 Å². The topological polar surface area (TPSA) is 79.0 Å². The molecule has 0 bridgehead atoms. The molecule has 128 valence electrons. The van der Waals surface area contributed by atoms with E-state index < -0.39 is 11.6 Å². The average Bonchev–Trinajstić information content (AvgIpc) is 2.72. The van der Waals surface area contributed by atoms with Gasteiger partial charge in [-0.15, -0.1) is 0 Å². The molecule has 3 fully saturated rings. The summed E-state index contributed by atoms with van der Waals surface area (Å²) in [6.07, 6.45) is 3.99. The summed E-state index contributed by atoms with van der Waals surface area (Å²) >= 11 is 0. The third kappa shape index (κ3) is 2.82. The van der Waals surface area contributed by atoms with E-state index in [4.69, 9.17) is 4.74 Å². The minimum Gasteiger partial charge on any atom is -0.381 e. The van der Waals surface area contributed by atoms with Gasteiger partial charge in [0.15, 0.2) is 0 Å². The van der Waals surface area contributed by atoms with Gasteiger partial charge in [0, 0.05) is 38.1 Å². The van der Waals surface area contributed by atoms with Crippen LogP contribution in [-0.2, 0) is 14.3 Å². The van der Waals surface area contributed by atoms with Crippen LogP contribution in [0.25, 0.3) is 0 Å². The fourth-order valence-corrected chi connectivity index (χ4v) is 4.01. The van der Waals surface area contributed by atoms with Crippen LogP contribution in [0, 0.1) is 0 Å². The molecule has 0 aromatic rings. The van der Waals surface area contributed by atoms with Crippen molar-refractivity contribution in [3.8, 4) is 0 Å².